The maximum atomic E-state index is 9.26. The number of phenolic OH excluding ortho intramolecular Hbond substituents is 1. The Labute approximate surface area is 85.3 Å². The second-order valence-electron chi connectivity index (χ2n) is 3.31. The van der Waals surface area contributed by atoms with Crippen LogP contribution in [0.15, 0.2) is 30.8 Å². The highest BCUT2D eigenvalue weighted by Crippen LogP contribution is 2.15. The molecule has 1 aromatic carbocycles. The van der Waals surface area contributed by atoms with Gasteiger partial charge < -0.3 is 10.4 Å². The third-order valence-corrected chi connectivity index (χ3v) is 2.06. The highest BCUT2D eigenvalue weighted by molar-refractivity contribution is 5.62. The average molecular weight is 191 g/mol. The predicted molar refractivity (Wildman–Crippen MR) is 60.1 cm³/mol. The Morgan fingerprint density at radius 3 is 2.93 bits per heavy atom. The molecular weight excluding hydrogens is 174 g/mol. The molecule has 0 radical (unpaired) electrons. The Morgan fingerprint density at radius 1 is 1.50 bits per heavy atom. The minimum Gasteiger partial charge on any atom is -0.508 e. The molecule has 0 unspecified atom stereocenters. The van der Waals surface area contributed by atoms with Gasteiger partial charge in [-0.25, -0.2) is 0 Å². The summed E-state index contributed by atoms with van der Waals surface area (Å²) in [4.78, 5) is 0. The topological polar surface area (TPSA) is 32.3 Å². The maximum absolute atomic E-state index is 9.26. The lowest BCUT2D eigenvalue weighted by atomic mass is 10.1. The predicted octanol–water partition coefficient (Wildman–Crippen LogP) is 2.75. The zero-order chi connectivity index (χ0) is 10.4. The molecule has 76 valence electrons. The molecule has 14 heavy (non-hydrogen) atoms. The molecule has 0 fully saturated rings. The first-order chi connectivity index (χ1) is 6.74. The zero-order valence-electron chi connectivity index (χ0n) is 8.59. The molecule has 0 atom stereocenters. The van der Waals surface area contributed by atoms with Gasteiger partial charge >= 0.3 is 0 Å². The van der Waals surface area contributed by atoms with Gasteiger partial charge in [0.05, 0.1) is 0 Å². The van der Waals surface area contributed by atoms with E-state index in [-0.39, 0.29) is 5.75 Å². The second kappa shape index (κ2) is 5.32. The number of rotatable bonds is 5. The van der Waals surface area contributed by atoms with Crippen LogP contribution >= 0.6 is 0 Å². The summed E-state index contributed by atoms with van der Waals surface area (Å²) >= 11 is 0. The van der Waals surface area contributed by atoms with E-state index in [1.54, 1.807) is 12.1 Å². The number of hydrogen-bond acceptors (Lipinski definition) is 2. The van der Waals surface area contributed by atoms with E-state index >= 15 is 0 Å². The molecule has 2 heteroatoms. The Kier molecular flexibility index (Phi) is 4.05. The van der Waals surface area contributed by atoms with E-state index in [0.29, 0.717) is 0 Å². The number of aromatic hydroxyl groups is 1. The molecule has 1 aromatic rings. The smallest absolute Gasteiger partial charge is 0.116 e. The molecule has 0 amide bonds. The number of benzene rings is 1. The molecule has 2 N–H and O–H groups in total. The van der Waals surface area contributed by atoms with Crippen molar-refractivity contribution in [3.63, 3.8) is 0 Å². The van der Waals surface area contributed by atoms with Gasteiger partial charge in [0.1, 0.15) is 5.75 Å². The Morgan fingerprint density at radius 2 is 2.29 bits per heavy atom. The van der Waals surface area contributed by atoms with Crippen LogP contribution in [0.1, 0.15) is 25.3 Å². The second-order valence-corrected chi connectivity index (χ2v) is 3.31. The van der Waals surface area contributed by atoms with Gasteiger partial charge in [-0.05, 0) is 18.6 Å². The molecule has 0 saturated carbocycles. The summed E-state index contributed by atoms with van der Waals surface area (Å²) in [5.74, 6) is 0.279. The van der Waals surface area contributed by atoms with Crippen molar-refractivity contribution in [3.05, 3.63) is 36.4 Å². The first-order valence-corrected chi connectivity index (χ1v) is 4.96. The summed E-state index contributed by atoms with van der Waals surface area (Å²) in [6.45, 7) is 7.00. The molecule has 0 aliphatic heterocycles. The third-order valence-electron chi connectivity index (χ3n) is 2.06. The lowest BCUT2D eigenvalue weighted by Crippen LogP contribution is -2.12. The molecule has 0 spiro atoms. The molecule has 0 saturated heterocycles. The molecule has 1 rings (SSSR count). The number of hydrogen-bond donors (Lipinski definition) is 2. The lowest BCUT2D eigenvalue weighted by molar-refractivity contribution is 0.475. The van der Waals surface area contributed by atoms with E-state index in [9.17, 15) is 5.11 Å². The minimum absolute atomic E-state index is 0.279. The van der Waals surface area contributed by atoms with Gasteiger partial charge in [0.2, 0.25) is 0 Å². The van der Waals surface area contributed by atoms with E-state index in [0.717, 1.165) is 24.2 Å². The lowest BCUT2D eigenvalue weighted by Gasteiger charge is -2.09. The van der Waals surface area contributed by atoms with Crippen molar-refractivity contribution < 1.29 is 5.11 Å². The highest BCUT2D eigenvalue weighted by atomic mass is 16.3. The molecule has 0 bridgehead atoms. The van der Waals surface area contributed by atoms with E-state index < -0.39 is 0 Å². The van der Waals surface area contributed by atoms with E-state index in [4.69, 9.17) is 0 Å². The minimum atomic E-state index is 0.279. The van der Waals surface area contributed by atoms with Crippen LogP contribution in [0.3, 0.4) is 0 Å². The summed E-state index contributed by atoms with van der Waals surface area (Å²) in [7, 11) is 0. The van der Waals surface area contributed by atoms with Gasteiger partial charge in [-0.15, -0.1) is 0 Å². The first kappa shape index (κ1) is 10.6. The van der Waals surface area contributed by atoms with Crippen molar-refractivity contribution in [2.75, 3.05) is 6.54 Å². The number of phenols is 1. The fourth-order valence-electron chi connectivity index (χ4n) is 1.21. The fraction of sp³-hybridized carbons (Fsp3) is 0.333. The first-order valence-electron chi connectivity index (χ1n) is 4.96. The van der Waals surface area contributed by atoms with Crippen molar-refractivity contribution in [2.24, 2.45) is 0 Å². The van der Waals surface area contributed by atoms with Crippen molar-refractivity contribution in [1.82, 2.24) is 5.32 Å². The quantitative estimate of drug-likeness (QED) is 0.701. The maximum Gasteiger partial charge on any atom is 0.116 e. The van der Waals surface area contributed by atoms with Crippen molar-refractivity contribution in [1.29, 1.82) is 0 Å². The van der Waals surface area contributed by atoms with Gasteiger partial charge in [0.15, 0.2) is 0 Å². The molecule has 0 aromatic heterocycles. The highest BCUT2D eigenvalue weighted by Gasteiger charge is 1.98. The Hall–Kier alpha value is -1.44. The molecule has 0 aliphatic carbocycles. The standard InChI is InChI=1S/C12H17NO/c1-3-4-8-13-10(2)11-6-5-7-12(14)9-11/h5-7,9,13-14H,2-4,8H2,1H3. The van der Waals surface area contributed by atoms with Gasteiger partial charge in [-0.1, -0.05) is 32.1 Å². The number of nitrogens with one attached hydrogen (secondary N) is 1. The van der Waals surface area contributed by atoms with Crippen LogP contribution in [0.2, 0.25) is 0 Å². The van der Waals surface area contributed by atoms with Crippen LogP contribution in [0.4, 0.5) is 0 Å². The van der Waals surface area contributed by atoms with Gasteiger partial charge in [0.25, 0.3) is 0 Å². The summed E-state index contributed by atoms with van der Waals surface area (Å²) in [5, 5.41) is 12.5. The van der Waals surface area contributed by atoms with E-state index in [1.807, 2.05) is 12.1 Å². The average Bonchev–Trinajstić information content (AvgIpc) is 2.18. The van der Waals surface area contributed by atoms with Crippen molar-refractivity contribution in [3.8, 4) is 5.75 Å². The molecule has 2 nitrogen and oxygen atoms in total. The van der Waals surface area contributed by atoms with Crippen LogP contribution in [-0.4, -0.2) is 11.7 Å². The van der Waals surface area contributed by atoms with Crippen LogP contribution in [0, 0.1) is 0 Å². The Bertz CT molecular complexity index is 307. The van der Waals surface area contributed by atoms with Crippen molar-refractivity contribution in [2.45, 2.75) is 19.8 Å². The van der Waals surface area contributed by atoms with Crippen LogP contribution in [0.5, 0.6) is 5.75 Å². The normalized spacial score (nSPS) is 9.79. The van der Waals surface area contributed by atoms with Crippen molar-refractivity contribution >= 4 is 5.70 Å². The largest absolute Gasteiger partial charge is 0.508 e. The zero-order valence-corrected chi connectivity index (χ0v) is 8.59. The molecule has 0 aliphatic rings. The van der Waals surface area contributed by atoms with Gasteiger partial charge in [-0.3, -0.25) is 0 Å². The van der Waals surface area contributed by atoms with Gasteiger partial charge in [0, 0.05) is 17.8 Å². The van der Waals surface area contributed by atoms with Gasteiger partial charge in [-0.2, -0.15) is 0 Å². The fourth-order valence-corrected chi connectivity index (χ4v) is 1.21. The molecular formula is C12H17NO. The van der Waals surface area contributed by atoms with Crippen LogP contribution in [0.25, 0.3) is 5.70 Å². The SMILES string of the molecule is C=C(NCCCC)c1cccc(O)c1. The van der Waals surface area contributed by atoms with Crippen LogP contribution in [-0.2, 0) is 0 Å². The summed E-state index contributed by atoms with van der Waals surface area (Å²) in [6.07, 6.45) is 2.30. The molecule has 0 heterocycles. The van der Waals surface area contributed by atoms with E-state index in [2.05, 4.69) is 18.8 Å². The third kappa shape index (κ3) is 3.13. The van der Waals surface area contributed by atoms with Crippen LogP contribution < -0.4 is 5.32 Å². The Balaban J connectivity index is 2.52. The summed E-state index contributed by atoms with van der Waals surface area (Å²) in [5.41, 5.74) is 1.82. The van der Waals surface area contributed by atoms with E-state index in [1.165, 1.54) is 6.42 Å². The number of unbranched alkanes of at least 4 members (excludes halogenated alkanes) is 1. The monoisotopic (exact) mass is 191 g/mol. The summed E-state index contributed by atoms with van der Waals surface area (Å²) < 4.78 is 0. The summed E-state index contributed by atoms with van der Waals surface area (Å²) in [6, 6.07) is 7.11.